The number of likely N-dealkylation sites (N-methyl/N-ethyl adjacent to an activating group) is 1. The molecule has 0 amide bonds. The molecule has 1 nitrogen and oxygen atoms in total. The molecule has 0 aromatic heterocycles. The van der Waals surface area contributed by atoms with E-state index < -0.39 is 0 Å². The van der Waals surface area contributed by atoms with Crippen molar-refractivity contribution in [3.05, 3.63) is 40.0 Å². The lowest BCUT2D eigenvalue weighted by molar-refractivity contribution is 0.682. The summed E-state index contributed by atoms with van der Waals surface area (Å²) >= 11 is 0. The molecule has 0 aliphatic rings. The maximum absolute atomic E-state index is 3.43. The van der Waals surface area contributed by atoms with Gasteiger partial charge >= 0.3 is 0 Å². The Morgan fingerprint density at radius 1 is 1.17 bits per heavy atom. The monoisotopic (exact) mass is 245 g/mol. The smallest absolute Gasteiger partial charge is 0.0170 e. The van der Waals surface area contributed by atoms with Crippen molar-refractivity contribution in [2.75, 3.05) is 13.1 Å². The zero-order valence-electron chi connectivity index (χ0n) is 12.7. The SMILES string of the molecule is CCNCC(=Cc1c(C)cc(C)cc1C)C(C)C. The van der Waals surface area contributed by atoms with Gasteiger partial charge in [-0.25, -0.2) is 0 Å². The van der Waals surface area contributed by atoms with Crippen LogP contribution in [0.2, 0.25) is 0 Å². The highest BCUT2D eigenvalue weighted by Crippen LogP contribution is 2.21. The number of hydrogen-bond donors (Lipinski definition) is 1. The van der Waals surface area contributed by atoms with E-state index in [1.54, 1.807) is 0 Å². The molecule has 1 N–H and O–H groups in total. The average Bonchev–Trinajstić information content (AvgIpc) is 2.26. The van der Waals surface area contributed by atoms with Crippen molar-refractivity contribution in [1.82, 2.24) is 5.32 Å². The largest absolute Gasteiger partial charge is 0.313 e. The van der Waals surface area contributed by atoms with Gasteiger partial charge in [0, 0.05) is 6.54 Å². The first-order valence-corrected chi connectivity index (χ1v) is 6.94. The minimum absolute atomic E-state index is 0.587. The molecule has 18 heavy (non-hydrogen) atoms. The second kappa shape index (κ2) is 6.75. The molecule has 0 fully saturated rings. The van der Waals surface area contributed by atoms with E-state index in [2.05, 4.69) is 65.1 Å². The van der Waals surface area contributed by atoms with Gasteiger partial charge in [0.25, 0.3) is 0 Å². The Balaban J connectivity index is 3.11. The summed E-state index contributed by atoms with van der Waals surface area (Å²) in [4.78, 5) is 0. The Morgan fingerprint density at radius 2 is 1.72 bits per heavy atom. The van der Waals surface area contributed by atoms with Crippen LogP contribution in [0.4, 0.5) is 0 Å². The minimum Gasteiger partial charge on any atom is -0.313 e. The van der Waals surface area contributed by atoms with Crippen molar-refractivity contribution in [1.29, 1.82) is 0 Å². The average molecular weight is 245 g/mol. The van der Waals surface area contributed by atoms with Crippen molar-refractivity contribution < 1.29 is 0 Å². The molecule has 0 unspecified atom stereocenters. The lowest BCUT2D eigenvalue weighted by Crippen LogP contribution is -2.18. The van der Waals surface area contributed by atoms with E-state index in [1.165, 1.54) is 27.8 Å². The Bertz CT molecular complexity index is 404. The van der Waals surface area contributed by atoms with Crippen LogP contribution < -0.4 is 5.32 Å². The summed E-state index contributed by atoms with van der Waals surface area (Å²) in [6.45, 7) is 15.3. The van der Waals surface area contributed by atoms with Crippen LogP contribution in [-0.4, -0.2) is 13.1 Å². The number of rotatable bonds is 5. The molecule has 0 aliphatic carbocycles. The van der Waals surface area contributed by atoms with E-state index in [4.69, 9.17) is 0 Å². The van der Waals surface area contributed by atoms with Gasteiger partial charge in [0.1, 0.15) is 0 Å². The summed E-state index contributed by atoms with van der Waals surface area (Å²) in [7, 11) is 0. The van der Waals surface area contributed by atoms with Gasteiger partial charge in [-0.2, -0.15) is 0 Å². The molecule has 100 valence electrons. The van der Waals surface area contributed by atoms with E-state index in [9.17, 15) is 0 Å². The highest BCUT2D eigenvalue weighted by Gasteiger charge is 2.06. The Labute approximate surface area is 112 Å². The number of benzene rings is 1. The van der Waals surface area contributed by atoms with Crippen molar-refractivity contribution in [3.63, 3.8) is 0 Å². The molecule has 0 radical (unpaired) electrons. The summed E-state index contributed by atoms with van der Waals surface area (Å²) in [5.74, 6) is 0.587. The Morgan fingerprint density at radius 3 is 2.17 bits per heavy atom. The molecule has 1 heteroatoms. The van der Waals surface area contributed by atoms with E-state index in [-0.39, 0.29) is 0 Å². The van der Waals surface area contributed by atoms with Crippen LogP contribution >= 0.6 is 0 Å². The third-order valence-corrected chi connectivity index (χ3v) is 3.39. The molecule has 0 spiro atoms. The van der Waals surface area contributed by atoms with Gasteiger partial charge < -0.3 is 5.32 Å². The fourth-order valence-electron chi connectivity index (χ4n) is 2.30. The van der Waals surface area contributed by atoms with Crippen LogP contribution in [0.5, 0.6) is 0 Å². The van der Waals surface area contributed by atoms with E-state index in [0.717, 1.165) is 13.1 Å². The van der Waals surface area contributed by atoms with Crippen LogP contribution in [0.1, 0.15) is 43.0 Å². The molecule has 1 aromatic rings. The second-order valence-electron chi connectivity index (χ2n) is 5.47. The van der Waals surface area contributed by atoms with Gasteiger partial charge in [0.05, 0.1) is 0 Å². The standard InChI is InChI=1S/C17H27N/c1-7-18-11-16(12(2)3)10-17-14(5)8-13(4)9-15(17)6/h8-10,12,18H,7,11H2,1-6H3. The molecular weight excluding hydrogens is 218 g/mol. The summed E-state index contributed by atoms with van der Waals surface area (Å²) in [5.41, 5.74) is 6.97. The minimum atomic E-state index is 0.587. The number of nitrogens with one attached hydrogen (secondary N) is 1. The van der Waals surface area contributed by atoms with Gasteiger partial charge in [-0.05, 0) is 49.9 Å². The topological polar surface area (TPSA) is 12.0 Å². The normalized spacial score (nSPS) is 12.3. The fraction of sp³-hybridized carbons (Fsp3) is 0.529. The van der Waals surface area contributed by atoms with Crippen molar-refractivity contribution >= 4 is 6.08 Å². The van der Waals surface area contributed by atoms with Crippen LogP contribution in [-0.2, 0) is 0 Å². The van der Waals surface area contributed by atoms with Gasteiger partial charge in [0.15, 0.2) is 0 Å². The third-order valence-electron chi connectivity index (χ3n) is 3.39. The zero-order chi connectivity index (χ0) is 13.7. The van der Waals surface area contributed by atoms with Gasteiger partial charge in [-0.3, -0.25) is 0 Å². The molecule has 0 saturated carbocycles. The quantitative estimate of drug-likeness (QED) is 0.817. The predicted octanol–water partition coefficient (Wildman–Crippen LogP) is 4.26. The predicted molar refractivity (Wildman–Crippen MR) is 82.0 cm³/mol. The molecule has 0 atom stereocenters. The molecule has 1 rings (SSSR count). The van der Waals surface area contributed by atoms with Gasteiger partial charge in [0.2, 0.25) is 0 Å². The lowest BCUT2D eigenvalue weighted by Gasteiger charge is -2.15. The van der Waals surface area contributed by atoms with Gasteiger partial charge in [-0.1, -0.05) is 50.1 Å². The lowest BCUT2D eigenvalue weighted by atomic mass is 9.94. The van der Waals surface area contributed by atoms with Crippen LogP contribution in [0.25, 0.3) is 6.08 Å². The van der Waals surface area contributed by atoms with Crippen molar-refractivity contribution in [2.24, 2.45) is 5.92 Å². The first-order chi connectivity index (χ1) is 8.45. The van der Waals surface area contributed by atoms with Crippen LogP contribution in [0.3, 0.4) is 0 Å². The molecule has 0 aliphatic heterocycles. The van der Waals surface area contributed by atoms with E-state index in [0.29, 0.717) is 5.92 Å². The highest BCUT2D eigenvalue weighted by molar-refractivity contribution is 5.61. The first-order valence-electron chi connectivity index (χ1n) is 6.94. The summed E-state index contributed by atoms with van der Waals surface area (Å²) in [6, 6.07) is 4.54. The summed E-state index contributed by atoms with van der Waals surface area (Å²) in [6.07, 6.45) is 2.37. The number of aryl methyl sites for hydroxylation is 3. The first kappa shape index (κ1) is 15.0. The zero-order valence-corrected chi connectivity index (χ0v) is 12.7. The summed E-state index contributed by atoms with van der Waals surface area (Å²) in [5, 5.41) is 3.43. The number of hydrogen-bond acceptors (Lipinski definition) is 1. The van der Waals surface area contributed by atoms with E-state index >= 15 is 0 Å². The fourth-order valence-corrected chi connectivity index (χ4v) is 2.30. The van der Waals surface area contributed by atoms with E-state index in [1.807, 2.05) is 0 Å². The maximum atomic E-state index is 3.43. The molecular formula is C17H27N. The van der Waals surface area contributed by atoms with Gasteiger partial charge in [-0.15, -0.1) is 0 Å². The third kappa shape index (κ3) is 3.99. The molecule has 0 heterocycles. The van der Waals surface area contributed by atoms with Crippen molar-refractivity contribution in [2.45, 2.75) is 41.5 Å². The van der Waals surface area contributed by atoms with Crippen LogP contribution in [0, 0.1) is 26.7 Å². The Kier molecular flexibility index (Phi) is 5.61. The second-order valence-corrected chi connectivity index (χ2v) is 5.47. The molecule has 1 aromatic carbocycles. The van der Waals surface area contributed by atoms with Crippen molar-refractivity contribution in [3.8, 4) is 0 Å². The molecule has 0 saturated heterocycles. The van der Waals surface area contributed by atoms with Crippen LogP contribution in [0.15, 0.2) is 17.7 Å². The summed E-state index contributed by atoms with van der Waals surface area (Å²) < 4.78 is 0. The molecule has 0 bridgehead atoms. The Hall–Kier alpha value is -1.08. The maximum Gasteiger partial charge on any atom is 0.0170 e. The highest BCUT2D eigenvalue weighted by atomic mass is 14.8.